The van der Waals surface area contributed by atoms with E-state index in [9.17, 15) is 4.79 Å². The quantitative estimate of drug-likeness (QED) is 0.415. The molecule has 0 saturated carbocycles. The summed E-state index contributed by atoms with van der Waals surface area (Å²) in [7, 11) is 0. The highest BCUT2D eigenvalue weighted by atomic mass is 79.9. The van der Waals surface area contributed by atoms with Crippen LogP contribution in [0.2, 0.25) is 0 Å². The standard InChI is InChI=1S/C8H14BrClO2/c1-2-12-8(11)7(9)5-3-4-6-10/h7H,2-6H2,1H3. The molecule has 12 heavy (non-hydrogen) atoms. The lowest BCUT2D eigenvalue weighted by atomic mass is 10.2. The average molecular weight is 258 g/mol. The molecule has 0 amide bonds. The van der Waals surface area contributed by atoms with Crippen LogP contribution in [0.25, 0.3) is 0 Å². The zero-order valence-corrected chi connectivity index (χ0v) is 9.53. The zero-order chi connectivity index (χ0) is 9.40. The summed E-state index contributed by atoms with van der Waals surface area (Å²) in [4.78, 5) is 10.9. The number of esters is 1. The molecular weight excluding hydrogens is 243 g/mol. The third-order valence-electron chi connectivity index (χ3n) is 1.38. The van der Waals surface area contributed by atoms with Crippen molar-refractivity contribution in [2.24, 2.45) is 0 Å². The second-order valence-electron chi connectivity index (χ2n) is 2.40. The molecule has 2 nitrogen and oxygen atoms in total. The first kappa shape index (κ1) is 12.2. The molecule has 0 aliphatic carbocycles. The second kappa shape index (κ2) is 7.87. The van der Waals surface area contributed by atoms with Gasteiger partial charge >= 0.3 is 5.97 Å². The van der Waals surface area contributed by atoms with Crippen LogP contribution in [0.5, 0.6) is 0 Å². The van der Waals surface area contributed by atoms with Gasteiger partial charge in [0.2, 0.25) is 0 Å². The van der Waals surface area contributed by atoms with Crippen LogP contribution in [0.4, 0.5) is 0 Å². The lowest BCUT2D eigenvalue weighted by Crippen LogP contribution is -2.17. The van der Waals surface area contributed by atoms with Crippen LogP contribution in [-0.4, -0.2) is 23.3 Å². The molecule has 0 rings (SSSR count). The molecule has 1 atom stereocenters. The van der Waals surface area contributed by atoms with Crippen molar-refractivity contribution in [3.63, 3.8) is 0 Å². The molecule has 1 unspecified atom stereocenters. The van der Waals surface area contributed by atoms with Gasteiger partial charge < -0.3 is 4.74 Å². The van der Waals surface area contributed by atoms with Gasteiger partial charge in [0.15, 0.2) is 0 Å². The molecule has 0 fully saturated rings. The van der Waals surface area contributed by atoms with E-state index in [-0.39, 0.29) is 10.8 Å². The Morgan fingerprint density at radius 3 is 2.75 bits per heavy atom. The Morgan fingerprint density at radius 2 is 2.25 bits per heavy atom. The van der Waals surface area contributed by atoms with E-state index in [2.05, 4.69) is 15.9 Å². The molecule has 0 aliphatic rings. The summed E-state index contributed by atoms with van der Waals surface area (Å²) in [6.45, 7) is 2.24. The summed E-state index contributed by atoms with van der Waals surface area (Å²) in [6, 6.07) is 0. The van der Waals surface area contributed by atoms with E-state index in [1.165, 1.54) is 0 Å². The van der Waals surface area contributed by atoms with Gasteiger partial charge in [-0.15, -0.1) is 11.6 Å². The number of rotatable bonds is 6. The largest absolute Gasteiger partial charge is 0.465 e. The summed E-state index contributed by atoms with van der Waals surface area (Å²) in [6.07, 6.45) is 2.70. The molecule has 0 heterocycles. The second-order valence-corrected chi connectivity index (χ2v) is 3.89. The van der Waals surface area contributed by atoms with E-state index >= 15 is 0 Å². The fourth-order valence-electron chi connectivity index (χ4n) is 0.769. The maximum atomic E-state index is 11.0. The predicted octanol–water partition coefficient (Wildman–Crippen LogP) is 2.72. The van der Waals surface area contributed by atoms with E-state index in [0.29, 0.717) is 12.5 Å². The third kappa shape index (κ3) is 5.84. The molecule has 0 aromatic carbocycles. The highest BCUT2D eigenvalue weighted by Crippen LogP contribution is 2.11. The maximum absolute atomic E-state index is 11.0. The van der Waals surface area contributed by atoms with Crippen LogP contribution in [0.3, 0.4) is 0 Å². The number of hydrogen-bond donors (Lipinski definition) is 0. The minimum absolute atomic E-state index is 0.166. The van der Waals surface area contributed by atoms with E-state index < -0.39 is 0 Å². The summed E-state index contributed by atoms with van der Waals surface area (Å²) < 4.78 is 4.82. The fraction of sp³-hybridized carbons (Fsp3) is 0.875. The van der Waals surface area contributed by atoms with Gasteiger partial charge in [-0.25, -0.2) is 0 Å². The molecule has 0 radical (unpaired) electrons. The van der Waals surface area contributed by atoms with Gasteiger partial charge in [0, 0.05) is 5.88 Å². The Bertz CT molecular complexity index is 130. The predicted molar refractivity (Wildman–Crippen MR) is 53.9 cm³/mol. The summed E-state index contributed by atoms with van der Waals surface area (Å²) >= 11 is 8.75. The molecule has 0 saturated heterocycles. The van der Waals surface area contributed by atoms with Gasteiger partial charge in [0.25, 0.3) is 0 Å². The Labute approximate surface area is 86.7 Å². The first-order valence-corrected chi connectivity index (χ1v) is 5.54. The van der Waals surface area contributed by atoms with Crippen molar-refractivity contribution in [2.75, 3.05) is 12.5 Å². The Kier molecular flexibility index (Phi) is 8.02. The first-order chi connectivity index (χ1) is 5.72. The lowest BCUT2D eigenvalue weighted by molar-refractivity contribution is -0.142. The molecule has 0 bridgehead atoms. The van der Waals surface area contributed by atoms with Crippen LogP contribution < -0.4 is 0 Å². The van der Waals surface area contributed by atoms with Crippen molar-refractivity contribution in [3.05, 3.63) is 0 Å². The number of carbonyl (C=O) groups is 1. The molecular formula is C8H14BrClO2. The van der Waals surface area contributed by atoms with Gasteiger partial charge in [-0.05, 0) is 19.8 Å². The van der Waals surface area contributed by atoms with E-state index in [1.54, 1.807) is 6.92 Å². The van der Waals surface area contributed by atoms with Crippen molar-refractivity contribution >= 4 is 33.5 Å². The number of ether oxygens (including phenoxy) is 1. The SMILES string of the molecule is CCOC(=O)C(Br)CCCCCl. The van der Waals surface area contributed by atoms with Gasteiger partial charge in [0.1, 0.15) is 4.83 Å². The van der Waals surface area contributed by atoms with Gasteiger partial charge in [-0.1, -0.05) is 22.4 Å². The number of halogens is 2. The van der Waals surface area contributed by atoms with Crippen LogP contribution in [0, 0.1) is 0 Å². The highest BCUT2D eigenvalue weighted by Gasteiger charge is 2.14. The monoisotopic (exact) mass is 256 g/mol. The third-order valence-corrected chi connectivity index (χ3v) is 2.48. The van der Waals surface area contributed by atoms with Gasteiger partial charge in [-0.3, -0.25) is 4.79 Å². The zero-order valence-electron chi connectivity index (χ0n) is 7.19. The van der Waals surface area contributed by atoms with E-state index in [0.717, 1.165) is 19.3 Å². The Balaban J connectivity index is 3.42. The molecule has 0 aromatic rings. The molecule has 0 N–H and O–H groups in total. The van der Waals surface area contributed by atoms with Crippen molar-refractivity contribution in [1.29, 1.82) is 0 Å². The number of hydrogen-bond acceptors (Lipinski definition) is 2. The van der Waals surface area contributed by atoms with E-state index in [1.807, 2.05) is 0 Å². The topological polar surface area (TPSA) is 26.3 Å². The molecule has 72 valence electrons. The minimum Gasteiger partial charge on any atom is -0.465 e. The minimum atomic E-state index is -0.174. The Hall–Kier alpha value is 0.240. The summed E-state index contributed by atoms with van der Waals surface area (Å²) in [5.74, 6) is 0.481. The van der Waals surface area contributed by atoms with Crippen molar-refractivity contribution < 1.29 is 9.53 Å². The van der Waals surface area contributed by atoms with E-state index in [4.69, 9.17) is 16.3 Å². The molecule has 0 aliphatic heterocycles. The van der Waals surface area contributed by atoms with Crippen LogP contribution in [0.1, 0.15) is 26.2 Å². The fourth-order valence-corrected chi connectivity index (χ4v) is 1.41. The summed E-state index contributed by atoms with van der Waals surface area (Å²) in [5, 5.41) is 0. The normalized spacial score (nSPS) is 12.6. The smallest absolute Gasteiger partial charge is 0.319 e. The Morgan fingerprint density at radius 1 is 1.58 bits per heavy atom. The van der Waals surface area contributed by atoms with Crippen LogP contribution >= 0.6 is 27.5 Å². The molecule has 0 spiro atoms. The lowest BCUT2D eigenvalue weighted by Gasteiger charge is -2.07. The van der Waals surface area contributed by atoms with Crippen LogP contribution in [-0.2, 0) is 9.53 Å². The van der Waals surface area contributed by atoms with Gasteiger partial charge in [0.05, 0.1) is 6.61 Å². The van der Waals surface area contributed by atoms with Gasteiger partial charge in [-0.2, -0.15) is 0 Å². The average Bonchev–Trinajstić information content (AvgIpc) is 2.05. The van der Waals surface area contributed by atoms with Crippen molar-refractivity contribution in [2.45, 2.75) is 31.0 Å². The van der Waals surface area contributed by atoms with Crippen LogP contribution in [0.15, 0.2) is 0 Å². The number of carbonyl (C=O) groups excluding carboxylic acids is 1. The van der Waals surface area contributed by atoms with Crippen molar-refractivity contribution in [3.8, 4) is 0 Å². The number of unbranched alkanes of at least 4 members (excludes halogenated alkanes) is 1. The molecule has 0 aromatic heterocycles. The maximum Gasteiger partial charge on any atom is 0.319 e. The van der Waals surface area contributed by atoms with Crippen molar-refractivity contribution in [1.82, 2.24) is 0 Å². The first-order valence-electron chi connectivity index (χ1n) is 4.09. The molecule has 4 heteroatoms. The number of alkyl halides is 2. The highest BCUT2D eigenvalue weighted by molar-refractivity contribution is 9.10. The summed E-state index contributed by atoms with van der Waals surface area (Å²) in [5.41, 5.74) is 0.